The van der Waals surface area contributed by atoms with Crippen LogP contribution in [-0.2, 0) is 0 Å². The zero-order valence-electron chi connectivity index (χ0n) is 11.1. The second kappa shape index (κ2) is 5.21. The van der Waals surface area contributed by atoms with Gasteiger partial charge in [-0.2, -0.15) is 0 Å². The van der Waals surface area contributed by atoms with Gasteiger partial charge < -0.3 is 9.72 Å². The Balaban J connectivity index is 2.16. The van der Waals surface area contributed by atoms with Crippen molar-refractivity contribution in [3.8, 4) is 16.9 Å². The van der Waals surface area contributed by atoms with Gasteiger partial charge in [0.15, 0.2) is 0 Å². The Kier molecular flexibility index (Phi) is 3.25. The minimum Gasteiger partial charge on any atom is -0.494 e. The monoisotopic (exact) mass is 264 g/mol. The summed E-state index contributed by atoms with van der Waals surface area (Å²) in [5, 5.41) is 0.979. The highest BCUT2D eigenvalue weighted by atomic mass is 16.5. The molecule has 20 heavy (non-hydrogen) atoms. The van der Waals surface area contributed by atoms with Crippen LogP contribution in [0.2, 0.25) is 0 Å². The third-order valence-electron chi connectivity index (χ3n) is 3.15. The summed E-state index contributed by atoms with van der Waals surface area (Å²) in [5.74, 6) is 0.761. The van der Waals surface area contributed by atoms with E-state index < -0.39 is 0 Å². The van der Waals surface area contributed by atoms with Crippen molar-refractivity contribution in [1.29, 1.82) is 0 Å². The van der Waals surface area contributed by atoms with Crippen LogP contribution in [0.3, 0.4) is 0 Å². The Morgan fingerprint density at radius 3 is 2.90 bits per heavy atom. The fourth-order valence-electron chi connectivity index (χ4n) is 2.21. The molecule has 0 fully saturated rings. The summed E-state index contributed by atoms with van der Waals surface area (Å²) < 4.78 is 5.44. The van der Waals surface area contributed by atoms with E-state index in [1.807, 2.05) is 55.5 Å². The number of nitrogens with one attached hydrogen (secondary N) is 1. The van der Waals surface area contributed by atoms with Crippen molar-refractivity contribution in [2.45, 2.75) is 6.92 Å². The molecule has 0 spiro atoms. The second-order valence-electron chi connectivity index (χ2n) is 4.49. The summed E-state index contributed by atoms with van der Waals surface area (Å²) >= 11 is 0. The topological polar surface area (TPSA) is 42.1 Å². The van der Waals surface area contributed by atoms with Gasteiger partial charge in [-0.15, -0.1) is 0 Å². The average Bonchev–Trinajstić information content (AvgIpc) is 2.48. The lowest BCUT2D eigenvalue weighted by Gasteiger charge is -2.06. The van der Waals surface area contributed by atoms with Crippen LogP contribution in [0.15, 0.2) is 53.3 Å². The molecule has 1 heterocycles. The first-order valence-corrected chi connectivity index (χ1v) is 6.54. The molecule has 0 bridgehead atoms. The number of aromatic amines is 1. The maximum absolute atomic E-state index is 12.2. The molecule has 1 radical (unpaired) electrons. The van der Waals surface area contributed by atoms with Crippen LogP contribution in [0, 0.1) is 6.07 Å². The molecular weight excluding hydrogens is 250 g/mol. The second-order valence-corrected chi connectivity index (χ2v) is 4.49. The average molecular weight is 264 g/mol. The highest BCUT2D eigenvalue weighted by molar-refractivity contribution is 5.84. The molecule has 0 aliphatic rings. The normalized spacial score (nSPS) is 10.7. The van der Waals surface area contributed by atoms with Crippen molar-refractivity contribution < 1.29 is 4.74 Å². The van der Waals surface area contributed by atoms with E-state index in [2.05, 4.69) is 11.1 Å². The first-order valence-electron chi connectivity index (χ1n) is 6.54. The van der Waals surface area contributed by atoms with E-state index in [4.69, 9.17) is 4.74 Å². The number of fused-ring (bicyclic) bond motifs is 1. The van der Waals surface area contributed by atoms with Crippen LogP contribution in [0.4, 0.5) is 0 Å². The van der Waals surface area contributed by atoms with Crippen LogP contribution in [0.1, 0.15) is 6.92 Å². The maximum Gasteiger partial charge on any atom is 0.256 e. The van der Waals surface area contributed by atoms with Crippen LogP contribution in [0.25, 0.3) is 22.0 Å². The lowest BCUT2D eigenvalue weighted by Crippen LogP contribution is -2.08. The Labute approximate surface area is 116 Å². The Morgan fingerprint density at radius 2 is 2.15 bits per heavy atom. The van der Waals surface area contributed by atoms with E-state index >= 15 is 0 Å². The molecule has 3 heteroatoms. The molecule has 1 aromatic heterocycles. The van der Waals surface area contributed by atoms with Gasteiger partial charge in [0, 0.05) is 11.6 Å². The smallest absolute Gasteiger partial charge is 0.256 e. The van der Waals surface area contributed by atoms with E-state index in [0.29, 0.717) is 12.2 Å². The number of rotatable bonds is 3. The summed E-state index contributed by atoms with van der Waals surface area (Å²) in [5.41, 5.74) is 2.19. The molecular formula is C17H14NO2. The number of hydrogen-bond acceptors (Lipinski definition) is 2. The SMILES string of the molecule is CCOc1ccc2cc(-c3c[c]ccc3)c(=O)[nH]c2c1. The highest BCUT2D eigenvalue weighted by Gasteiger charge is 2.06. The summed E-state index contributed by atoms with van der Waals surface area (Å²) in [4.78, 5) is 15.1. The van der Waals surface area contributed by atoms with Crippen molar-refractivity contribution in [2.24, 2.45) is 0 Å². The van der Waals surface area contributed by atoms with Crippen LogP contribution >= 0.6 is 0 Å². The Hall–Kier alpha value is -2.55. The third kappa shape index (κ3) is 2.30. The molecule has 0 amide bonds. The fraction of sp³-hybridized carbons (Fsp3) is 0.118. The standard InChI is InChI=1S/C17H14NO2/c1-2-20-14-9-8-13-10-15(12-6-4-3-5-7-12)17(19)18-16(13)11-14/h3-4,6-11H,2H2,1H3,(H,18,19). The zero-order valence-corrected chi connectivity index (χ0v) is 11.1. The van der Waals surface area contributed by atoms with Crippen molar-refractivity contribution in [1.82, 2.24) is 4.98 Å². The minimum atomic E-state index is -0.106. The molecule has 0 saturated carbocycles. The van der Waals surface area contributed by atoms with Crippen LogP contribution in [0.5, 0.6) is 5.75 Å². The molecule has 0 unspecified atom stereocenters. The zero-order chi connectivity index (χ0) is 13.9. The minimum absolute atomic E-state index is 0.106. The number of hydrogen-bond donors (Lipinski definition) is 1. The largest absolute Gasteiger partial charge is 0.494 e. The number of ether oxygens (including phenoxy) is 1. The fourth-order valence-corrected chi connectivity index (χ4v) is 2.21. The van der Waals surface area contributed by atoms with Crippen molar-refractivity contribution >= 4 is 10.9 Å². The van der Waals surface area contributed by atoms with E-state index in [-0.39, 0.29) is 5.56 Å². The van der Waals surface area contributed by atoms with Gasteiger partial charge in [-0.05, 0) is 48.2 Å². The number of pyridine rings is 1. The van der Waals surface area contributed by atoms with Gasteiger partial charge in [-0.3, -0.25) is 4.79 Å². The van der Waals surface area contributed by atoms with Gasteiger partial charge in [-0.1, -0.05) is 18.2 Å². The molecule has 2 aromatic carbocycles. The van der Waals surface area contributed by atoms with Gasteiger partial charge in [-0.25, -0.2) is 0 Å². The maximum atomic E-state index is 12.2. The molecule has 0 saturated heterocycles. The summed E-state index contributed by atoms with van der Waals surface area (Å²) in [6.45, 7) is 2.54. The van der Waals surface area contributed by atoms with Gasteiger partial charge in [0.1, 0.15) is 5.75 Å². The van der Waals surface area contributed by atoms with Gasteiger partial charge >= 0.3 is 0 Å². The quantitative estimate of drug-likeness (QED) is 0.787. The van der Waals surface area contributed by atoms with E-state index in [9.17, 15) is 4.79 Å². The lowest BCUT2D eigenvalue weighted by atomic mass is 10.1. The van der Waals surface area contributed by atoms with Crippen molar-refractivity contribution in [3.05, 3.63) is 65.0 Å². The van der Waals surface area contributed by atoms with Crippen LogP contribution < -0.4 is 10.3 Å². The van der Waals surface area contributed by atoms with E-state index in [1.165, 1.54) is 0 Å². The predicted octanol–water partition coefficient (Wildman–Crippen LogP) is 3.39. The van der Waals surface area contributed by atoms with Gasteiger partial charge in [0.25, 0.3) is 5.56 Å². The van der Waals surface area contributed by atoms with Gasteiger partial charge in [0.05, 0.1) is 12.1 Å². The van der Waals surface area contributed by atoms with Crippen molar-refractivity contribution in [2.75, 3.05) is 6.61 Å². The third-order valence-corrected chi connectivity index (χ3v) is 3.15. The summed E-state index contributed by atoms with van der Waals surface area (Å²) in [7, 11) is 0. The molecule has 0 aliphatic carbocycles. The summed E-state index contributed by atoms with van der Waals surface area (Å²) in [6, 6.07) is 18.0. The van der Waals surface area contributed by atoms with Crippen LogP contribution in [-0.4, -0.2) is 11.6 Å². The Morgan fingerprint density at radius 1 is 1.25 bits per heavy atom. The molecule has 3 aromatic rings. The molecule has 99 valence electrons. The van der Waals surface area contributed by atoms with Crippen molar-refractivity contribution in [3.63, 3.8) is 0 Å². The highest BCUT2D eigenvalue weighted by Crippen LogP contribution is 2.22. The first kappa shape index (κ1) is 12.5. The molecule has 0 aliphatic heterocycles. The molecule has 3 nitrogen and oxygen atoms in total. The lowest BCUT2D eigenvalue weighted by molar-refractivity contribution is 0.340. The number of H-pyrrole nitrogens is 1. The molecule has 0 atom stereocenters. The summed E-state index contributed by atoms with van der Waals surface area (Å²) in [6.07, 6.45) is 0. The van der Waals surface area contributed by atoms with Gasteiger partial charge in [0.2, 0.25) is 0 Å². The number of aromatic nitrogens is 1. The predicted molar refractivity (Wildman–Crippen MR) is 80.0 cm³/mol. The van der Waals surface area contributed by atoms with E-state index in [1.54, 1.807) is 0 Å². The van der Waals surface area contributed by atoms with E-state index in [0.717, 1.165) is 22.2 Å². The Bertz CT molecular complexity index is 791. The number of benzene rings is 2. The molecule has 3 rings (SSSR count). The first-order chi connectivity index (χ1) is 9.78. The molecule has 1 N–H and O–H groups in total.